The zero-order valence-electron chi connectivity index (χ0n) is 21.4. The van der Waals surface area contributed by atoms with E-state index in [2.05, 4.69) is 6.92 Å². The predicted octanol–water partition coefficient (Wildman–Crippen LogP) is 10.0. The van der Waals surface area contributed by atoms with Gasteiger partial charge in [-0.1, -0.05) is 94.0 Å². The Hall–Kier alpha value is -2.75. The molecule has 36 heavy (non-hydrogen) atoms. The van der Waals surface area contributed by atoms with E-state index in [1.165, 1.54) is 50.5 Å². The van der Waals surface area contributed by atoms with E-state index < -0.39 is 17.8 Å². The molecule has 0 saturated heterocycles. The van der Waals surface area contributed by atoms with E-state index in [0.717, 1.165) is 18.3 Å². The third kappa shape index (κ3) is 6.32. The van der Waals surface area contributed by atoms with Gasteiger partial charge in [-0.2, -0.15) is 0 Å². The lowest BCUT2D eigenvalue weighted by molar-refractivity contribution is 0.147. The van der Waals surface area contributed by atoms with Crippen LogP contribution in [-0.4, -0.2) is 6.61 Å². The average Bonchev–Trinajstić information content (AvgIpc) is 2.89. The lowest BCUT2D eigenvalue weighted by atomic mass is 9.78. The summed E-state index contributed by atoms with van der Waals surface area (Å²) in [5.41, 5.74) is 2.24. The van der Waals surface area contributed by atoms with Gasteiger partial charge in [0, 0.05) is 5.56 Å². The molecule has 0 spiro atoms. The van der Waals surface area contributed by atoms with Crippen LogP contribution in [0.5, 0.6) is 5.75 Å². The summed E-state index contributed by atoms with van der Waals surface area (Å²) in [6, 6.07) is 17.8. The minimum Gasteiger partial charge on any atom is -0.494 e. The third-order valence-corrected chi connectivity index (χ3v) is 7.64. The predicted molar refractivity (Wildman–Crippen MR) is 142 cm³/mol. The molecule has 0 radical (unpaired) electrons. The fourth-order valence-corrected chi connectivity index (χ4v) is 5.62. The number of hydrogen-bond donors (Lipinski definition) is 0. The van der Waals surface area contributed by atoms with E-state index >= 15 is 4.39 Å². The highest BCUT2D eigenvalue weighted by molar-refractivity contribution is 5.75. The number of rotatable bonds is 10. The van der Waals surface area contributed by atoms with Crippen LogP contribution in [-0.2, 0) is 6.42 Å². The molecule has 1 fully saturated rings. The molecule has 4 rings (SSSR count). The average molecular weight is 495 g/mol. The smallest absolute Gasteiger partial charge is 0.267 e. The molecule has 1 nitrogen and oxygen atoms in total. The highest BCUT2D eigenvalue weighted by Crippen LogP contribution is 2.39. The van der Waals surface area contributed by atoms with Crippen molar-refractivity contribution in [2.75, 3.05) is 6.61 Å². The summed E-state index contributed by atoms with van der Waals surface area (Å²) < 4.78 is 48.9. The van der Waals surface area contributed by atoms with E-state index in [-0.39, 0.29) is 11.1 Å². The van der Waals surface area contributed by atoms with Gasteiger partial charge in [0.2, 0.25) is 0 Å². The molecule has 3 aromatic carbocycles. The maximum absolute atomic E-state index is 15.4. The van der Waals surface area contributed by atoms with Crippen LogP contribution in [0.25, 0.3) is 22.3 Å². The normalized spacial score (nSPS) is 17.9. The fourth-order valence-electron chi connectivity index (χ4n) is 5.62. The first kappa shape index (κ1) is 26.3. The molecular formula is C32H37F3O. The first-order chi connectivity index (χ1) is 17.5. The van der Waals surface area contributed by atoms with Crippen LogP contribution in [0, 0.1) is 17.7 Å². The fraction of sp³-hybridized carbons (Fsp3) is 0.438. The van der Waals surface area contributed by atoms with Crippen molar-refractivity contribution in [1.29, 1.82) is 0 Å². The van der Waals surface area contributed by atoms with Gasteiger partial charge >= 0.3 is 0 Å². The lowest BCUT2D eigenvalue weighted by Gasteiger charge is -2.28. The summed E-state index contributed by atoms with van der Waals surface area (Å²) in [4.78, 5) is 0. The number of alkyl halides is 2. The van der Waals surface area contributed by atoms with Crippen molar-refractivity contribution in [2.24, 2.45) is 11.8 Å². The lowest BCUT2D eigenvalue weighted by Crippen LogP contribution is -2.15. The number of halogens is 3. The second kappa shape index (κ2) is 12.5. The Bertz CT molecular complexity index is 1100. The summed E-state index contributed by atoms with van der Waals surface area (Å²) in [7, 11) is 0. The van der Waals surface area contributed by atoms with E-state index in [4.69, 9.17) is 4.74 Å². The first-order valence-corrected chi connectivity index (χ1v) is 13.4. The van der Waals surface area contributed by atoms with Gasteiger partial charge in [-0.05, 0) is 66.0 Å². The summed E-state index contributed by atoms with van der Waals surface area (Å²) >= 11 is 0. The van der Waals surface area contributed by atoms with E-state index in [0.29, 0.717) is 23.5 Å². The SMILES string of the molecule is CCCC1CCC(CCc2ccc(-c3ccc(-c4ccc(OCC)cc4)c(C(F)F)c3F)cc2)CC1. The largest absolute Gasteiger partial charge is 0.494 e. The molecule has 0 amide bonds. The molecule has 192 valence electrons. The van der Waals surface area contributed by atoms with Gasteiger partial charge in [-0.3, -0.25) is 0 Å². The van der Waals surface area contributed by atoms with Crippen molar-refractivity contribution >= 4 is 0 Å². The second-order valence-electron chi connectivity index (χ2n) is 10.1. The maximum Gasteiger partial charge on any atom is 0.267 e. The Kier molecular flexibility index (Phi) is 9.12. The van der Waals surface area contributed by atoms with Gasteiger partial charge in [0.1, 0.15) is 11.6 Å². The van der Waals surface area contributed by atoms with Gasteiger partial charge in [-0.25, -0.2) is 13.2 Å². The second-order valence-corrected chi connectivity index (χ2v) is 10.1. The third-order valence-electron chi connectivity index (χ3n) is 7.64. The van der Waals surface area contributed by atoms with Crippen molar-refractivity contribution in [3.63, 3.8) is 0 Å². The highest BCUT2D eigenvalue weighted by atomic mass is 19.3. The van der Waals surface area contributed by atoms with Crippen molar-refractivity contribution in [3.8, 4) is 28.0 Å². The van der Waals surface area contributed by atoms with E-state index in [1.54, 1.807) is 36.4 Å². The quantitative estimate of drug-likeness (QED) is 0.272. The number of benzene rings is 3. The summed E-state index contributed by atoms with van der Waals surface area (Å²) in [6.07, 6.45) is 7.27. The number of hydrogen-bond acceptors (Lipinski definition) is 1. The van der Waals surface area contributed by atoms with Gasteiger partial charge < -0.3 is 4.74 Å². The standard InChI is InChI=1S/C32H37F3O/c1-3-5-22-6-8-23(9-7-22)10-11-24-12-14-26(15-13-24)29-21-20-28(30(31(29)33)32(34)35)25-16-18-27(19-17-25)36-4-2/h12-23,32H,3-11H2,1-2H3. The Balaban J connectivity index is 1.47. The minimum absolute atomic E-state index is 0.208. The van der Waals surface area contributed by atoms with Crippen LogP contribution < -0.4 is 4.74 Å². The molecule has 0 bridgehead atoms. The summed E-state index contributed by atoms with van der Waals surface area (Å²) in [6.45, 7) is 4.67. The number of aryl methyl sites for hydroxylation is 1. The van der Waals surface area contributed by atoms with Gasteiger partial charge in [0.25, 0.3) is 6.43 Å². The molecule has 3 aromatic rings. The minimum atomic E-state index is -2.92. The van der Waals surface area contributed by atoms with E-state index in [9.17, 15) is 8.78 Å². The Morgan fingerprint density at radius 3 is 1.89 bits per heavy atom. The first-order valence-electron chi connectivity index (χ1n) is 13.4. The molecular weight excluding hydrogens is 457 g/mol. The van der Waals surface area contributed by atoms with Crippen molar-refractivity contribution in [1.82, 2.24) is 0 Å². The molecule has 0 aliphatic heterocycles. The van der Waals surface area contributed by atoms with Crippen molar-refractivity contribution in [2.45, 2.75) is 71.6 Å². The number of ether oxygens (including phenoxy) is 1. The Labute approximate surface area is 213 Å². The Morgan fingerprint density at radius 1 is 0.750 bits per heavy atom. The van der Waals surface area contributed by atoms with Crippen LogP contribution >= 0.6 is 0 Å². The van der Waals surface area contributed by atoms with Gasteiger partial charge in [0.05, 0.1) is 12.2 Å². The molecule has 1 saturated carbocycles. The Morgan fingerprint density at radius 2 is 1.31 bits per heavy atom. The molecule has 1 aliphatic carbocycles. The molecule has 0 aromatic heterocycles. The molecule has 0 N–H and O–H groups in total. The maximum atomic E-state index is 15.4. The zero-order valence-corrected chi connectivity index (χ0v) is 21.4. The summed E-state index contributed by atoms with van der Waals surface area (Å²) in [5.74, 6) is 1.51. The van der Waals surface area contributed by atoms with E-state index in [1.807, 2.05) is 31.2 Å². The van der Waals surface area contributed by atoms with Crippen LogP contribution in [0.1, 0.15) is 76.3 Å². The summed E-state index contributed by atoms with van der Waals surface area (Å²) in [5, 5.41) is 0. The van der Waals surface area contributed by atoms with Crippen LogP contribution in [0.4, 0.5) is 13.2 Å². The van der Waals surface area contributed by atoms with Crippen LogP contribution in [0.3, 0.4) is 0 Å². The zero-order chi connectivity index (χ0) is 25.5. The topological polar surface area (TPSA) is 9.23 Å². The molecule has 4 heteroatoms. The molecule has 0 atom stereocenters. The van der Waals surface area contributed by atoms with Gasteiger partial charge in [-0.15, -0.1) is 0 Å². The van der Waals surface area contributed by atoms with Crippen LogP contribution in [0.2, 0.25) is 0 Å². The molecule has 1 aliphatic rings. The van der Waals surface area contributed by atoms with Gasteiger partial charge in [0.15, 0.2) is 0 Å². The van der Waals surface area contributed by atoms with Crippen LogP contribution in [0.15, 0.2) is 60.7 Å². The van der Waals surface area contributed by atoms with Crippen molar-refractivity contribution in [3.05, 3.63) is 77.6 Å². The molecule has 0 heterocycles. The highest BCUT2D eigenvalue weighted by Gasteiger charge is 2.23. The molecule has 0 unspecified atom stereocenters. The van der Waals surface area contributed by atoms with Crippen molar-refractivity contribution < 1.29 is 17.9 Å². The monoisotopic (exact) mass is 494 g/mol.